The molecule has 0 saturated carbocycles. The Morgan fingerprint density at radius 1 is 0.699 bits per heavy atom. The van der Waals surface area contributed by atoms with Crippen LogP contribution in [0.1, 0.15) is 41.2 Å². The predicted molar refractivity (Wildman–Crippen MR) is 262 cm³/mol. The lowest BCUT2D eigenvalue weighted by Gasteiger charge is -2.16. The van der Waals surface area contributed by atoms with Gasteiger partial charge < -0.3 is 30.2 Å². The van der Waals surface area contributed by atoms with Gasteiger partial charge in [-0.1, -0.05) is 30.4 Å². The topological polar surface area (TPSA) is 329 Å². The Morgan fingerprint density at radius 3 is 1.73 bits per heavy atom. The zero-order valence-electron chi connectivity index (χ0n) is 38.8. The maximum absolute atomic E-state index is 12.5. The van der Waals surface area contributed by atoms with Gasteiger partial charge in [-0.25, -0.2) is 4.98 Å². The Hall–Kier alpha value is -8.79. The van der Waals surface area contributed by atoms with Crippen molar-refractivity contribution in [3.8, 4) is 23.3 Å². The molecule has 0 aliphatic heterocycles. The largest absolute Gasteiger partial charge is 0.463 e. The Kier molecular flexibility index (Phi) is 17.9. The van der Waals surface area contributed by atoms with Crippen LogP contribution in [0, 0.1) is 29.6 Å². The molecule has 0 fully saturated rings. The van der Waals surface area contributed by atoms with Gasteiger partial charge in [0.2, 0.25) is 0 Å². The fraction of sp³-hybridized carbons (Fsp3) is 0.170. The van der Waals surface area contributed by atoms with E-state index in [0.717, 1.165) is 25.6 Å². The van der Waals surface area contributed by atoms with E-state index in [4.69, 9.17) is 14.2 Å². The number of aromatic nitrogens is 1. The molecule has 6 rings (SSSR count). The summed E-state index contributed by atoms with van der Waals surface area (Å²) in [6.45, 7) is 2.91. The summed E-state index contributed by atoms with van der Waals surface area (Å²) >= 11 is 0.905. The van der Waals surface area contributed by atoms with Crippen LogP contribution >= 0.6 is 11.3 Å². The Labute approximate surface area is 421 Å². The first kappa shape index (κ1) is 53.6. The van der Waals surface area contributed by atoms with Crippen LogP contribution in [0.25, 0.3) is 11.1 Å². The average Bonchev–Trinajstić information content (AvgIpc) is 3.75. The summed E-state index contributed by atoms with van der Waals surface area (Å²) < 4.78 is 73.3. The number of hydrogen-bond donors (Lipinski definition) is 3. The Balaban J connectivity index is 1.48. The van der Waals surface area contributed by atoms with Gasteiger partial charge in [-0.2, -0.15) is 27.4 Å². The second-order valence-electron chi connectivity index (χ2n) is 14.7. The Bertz CT molecular complexity index is 3400. The van der Waals surface area contributed by atoms with Crippen molar-refractivity contribution < 1.29 is 58.6 Å². The highest BCUT2D eigenvalue weighted by Crippen LogP contribution is 2.49. The van der Waals surface area contributed by atoms with Crippen molar-refractivity contribution in [3.63, 3.8) is 0 Å². The minimum Gasteiger partial charge on any atom is -0.463 e. The molecule has 0 saturated heterocycles. The third-order valence-corrected chi connectivity index (χ3v) is 13.6. The third-order valence-electron chi connectivity index (χ3n) is 10.0. The highest BCUT2D eigenvalue weighted by molar-refractivity contribution is 7.87. The van der Waals surface area contributed by atoms with Gasteiger partial charge >= 0.3 is 5.97 Å². The van der Waals surface area contributed by atoms with E-state index in [1.54, 1.807) is 56.3 Å². The summed E-state index contributed by atoms with van der Waals surface area (Å²) in [6, 6.07) is 26.2. The van der Waals surface area contributed by atoms with Gasteiger partial charge in [0, 0.05) is 34.6 Å². The number of amides is 1. The number of anilines is 5. The molecule has 0 bridgehead atoms. The first-order valence-corrected chi connectivity index (χ1v) is 24.7. The van der Waals surface area contributed by atoms with E-state index in [0.29, 0.717) is 33.8 Å². The molecule has 26 heteroatoms. The number of hydrogen-bond acceptors (Lipinski definition) is 23. The number of ether oxygens (including phenoxy) is 3. The standard InChI is InChI=1S/C47H40N10O13S3/c1-5-41(61)70-25-40(60)50-32-8-6-31(7-9-32)42-39(22-49)46(71-47(42)57-54-35-19-29(23-68-26-58)18-30(20-35)24-69-27-59)56-55-43-28(2)38(21-48)44(51-33-10-14-36(15-11-33)72(62,63)66-3)53-45(43)52-34-12-16-37(17-13-34)73(64,65)67-4/h6-20,26-27H,5,23-25H2,1-4H3,(H,50,60)(H2,51,52,53). The summed E-state index contributed by atoms with van der Waals surface area (Å²) in [7, 11) is -6.02. The summed E-state index contributed by atoms with van der Waals surface area (Å²) in [6.07, 6.45) is 0.0875. The number of thiophene rings is 1. The quantitative estimate of drug-likeness (QED) is 0.0177. The molecule has 0 aliphatic carbocycles. The molecule has 374 valence electrons. The lowest BCUT2D eigenvalue weighted by Crippen LogP contribution is -2.20. The van der Waals surface area contributed by atoms with Crippen LogP contribution in [0.2, 0.25) is 0 Å². The number of esters is 1. The van der Waals surface area contributed by atoms with E-state index in [-0.39, 0.29) is 97.6 Å². The van der Waals surface area contributed by atoms with Crippen LogP contribution < -0.4 is 16.0 Å². The van der Waals surface area contributed by atoms with E-state index < -0.39 is 38.7 Å². The SMILES string of the molecule is CCC(=O)OCC(=O)Nc1ccc(-c2c(N=Nc3cc(COC=O)cc(COC=O)c3)sc(N=Nc3c(Nc4ccc(S(=O)(=O)OC)cc4)nc(Nc4ccc(S(=O)(=O)OC)cc4)c(C#N)c3C)c2C#N)cc1. The fourth-order valence-corrected chi connectivity index (χ4v) is 8.76. The van der Waals surface area contributed by atoms with Gasteiger partial charge in [-0.15, -0.1) is 20.5 Å². The maximum atomic E-state index is 12.5. The minimum absolute atomic E-state index is 0.00313. The number of rotatable bonds is 23. The normalized spacial score (nSPS) is 11.4. The number of nitrogens with one attached hydrogen (secondary N) is 3. The van der Waals surface area contributed by atoms with Crippen molar-refractivity contribution in [2.75, 3.05) is 36.8 Å². The lowest BCUT2D eigenvalue weighted by atomic mass is 10.0. The second-order valence-corrected chi connectivity index (χ2v) is 19.1. The summed E-state index contributed by atoms with van der Waals surface area (Å²) in [4.78, 5) is 50.5. The molecule has 73 heavy (non-hydrogen) atoms. The highest BCUT2D eigenvalue weighted by atomic mass is 32.2. The summed E-state index contributed by atoms with van der Waals surface area (Å²) in [5.74, 6) is -1.15. The molecule has 0 atom stereocenters. The molecule has 2 aromatic heterocycles. The minimum atomic E-state index is -4.05. The zero-order chi connectivity index (χ0) is 52.7. The number of nitrogens with zero attached hydrogens (tertiary/aromatic N) is 7. The lowest BCUT2D eigenvalue weighted by molar-refractivity contribution is -0.146. The predicted octanol–water partition coefficient (Wildman–Crippen LogP) is 9.09. The van der Waals surface area contributed by atoms with Crippen LogP contribution in [0.5, 0.6) is 0 Å². The number of azo groups is 2. The number of carbonyl (C=O) groups is 4. The van der Waals surface area contributed by atoms with Gasteiger partial charge in [-0.05, 0) is 102 Å². The van der Waals surface area contributed by atoms with Crippen LogP contribution in [-0.2, 0) is 75.2 Å². The summed E-state index contributed by atoms with van der Waals surface area (Å²) in [5.41, 5.74) is 3.07. The first-order chi connectivity index (χ1) is 35.1. The molecule has 0 unspecified atom stereocenters. The van der Waals surface area contributed by atoms with Crippen LogP contribution in [-0.4, -0.2) is 67.5 Å². The van der Waals surface area contributed by atoms with E-state index in [9.17, 15) is 46.5 Å². The zero-order valence-corrected chi connectivity index (χ0v) is 41.3. The van der Waals surface area contributed by atoms with Crippen LogP contribution in [0.15, 0.2) is 121 Å². The van der Waals surface area contributed by atoms with Crippen molar-refractivity contribution in [1.82, 2.24) is 4.98 Å². The van der Waals surface area contributed by atoms with Gasteiger partial charge in [0.15, 0.2) is 23.2 Å². The molecule has 23 nitrogen and oxygen atoms in total. The molecule has 3 N–H and O–H groups in total. The van der Waals surface area contributed by atoms with Gasteiger partial charge in [0.25, 0.3) is 39.1 Å². The number of pyridine rings is 1. The van der Waals surface area contributed by atoms with Crippen LogP contribution in [0.3, 0.4) is 0 Å². The van der Waals surface area contributed by atoms with Gasteiger partial charge in [0.05, 0.1) is 35.3 Å². The van der Waals surface area contributed by atoms with Crippen molar-refractivity contribution in [2.24, 2.45) is 20.5 Å². The van der Waals surface area contributed by atoms with Crippen molar-refractivity contribution in [3.05, 3.63) is 119 Å². The average molecular weight is 1050 g/mol. The van der Waals surface area contributed by atoms with E-state index in [1.165, 1.54) is 48.5 Å². The fourth-order valence-electron chi connectivity index (χ4n) is 6.52. The van der Waals surface area contributed by atoms with Crippen molar-refractivity contribution in [2.45, 2.75) is 43.3 Å². The highest BCUT2D eigenvalue weighted by Gasteiger charge is 2.24. The number of benzene rings is 4. The smallest absolute Gasteiger partial charge is 0.306 e. The third kappa shape index (κ3) is 13.5. The molecular formula is C47H40N10O13S3. The number of carbonyl (C=O) groups excluding carboxylic acids is 4. The maximum Gasteiger partial charge on any atom is 0.306 e. The van der Waals surface area contributed by atoms with Gasteiger partial charge in [0.1, 0.15) is 41.6 Å². The van der Waals surface area contributed by atoms with E-state index in [2.05, 4.69) is 61.9 Å². The van der Waals surface area contributed by atoms with Crippen LogP contribution in [0.4, 0.5) is 50.1 Å². The Morgan fingerprint density at radius 2 is 1.22 bits per heavy atom. The molecule has 6 aromatic rings. The molecular weight excluding hydrogens is 1010 g/mol. The monoisotopic (exact) mass is 1050 g/mol. The molecule has 0 radical (unpaired) electrons. The van der Waals surface area contributed by atoms with Gasteiger partial charge in [-0.3, -0.25) is 27.5 Å². The summed E-state index contributed by atoms with van der Waals surface area (Å²) in [5, 5.41) is 48.1. The molecule has 0 aliphatic rings. The molecule has 1 amide bonds. The molecule has 2 heterocycles. The van der Waals surface area contributed by atoms with Crippen molar-refractivity contribution >= 4 is 106 Å². The van der Waals surface area contributed by atoms with Crippen molar-refractivity contribution in [1.29, 1.82) is 10.5 Å². The molecule has 0 spiro atoms. The van der Waals surface area contributed by atoms with E-state index in [1.807, 2.05) is 0 Å². The first-order valence-electron chi connectivity index (χ1n) is 21.1. The number of nitriles is 2. The second kappa shape index (κ2) is 24.4. The van der Waals surface area contributed by atoms with E-state index >= 15 is 0 Å². The molecule has 4 aromatic carbocycles.